The fraction of sp³-hybridized carbons (Fsp3) is 0.300. The molecule has 0 spiro atoms. The van der Waals surface area contributed by atoms with Gasteiger partial charge in [-0.3, -0.25) is 4.79 Å². The van der Waals surface area contributed by atoms with Crippen molar-refractivity contribution in [2.75, 3.05) is 26.6 Å². The smallest absolute Gasteiger partial charge is 0.416 e. The van der Waals surface area contributed by atoms with Gasteiger partial charge in [0, 0.05) is 12.1 Å². The lowest BCUT2D eigenvalue weighted by atomic mass is 10.1. The van der Waals surface area contributed by atoms with Crippen LogP contribution < -0.4 is 19.5 Å². The predicted octanol–water partition coefficient (Wildman–Crippen LogP) is 4.57. The zero-order chi connectivity index (χ0) is 23.3. The van der Waals surface area contributed by atoms with E-state index in [0.717, 1.165) is 12.1 Å². The van der Waals surface area contributed by atoms with E-state index in [4.69, 9.17) is 30.5 Å². The predicted molar refractivity (Wildman–Crippen MR) is 106 cm³/mol. The minimum atomic E-state index is -4.62. The summed E-state index contributed by atoms with van der Waals surface area (Å²) in [5.74, 6) is -1.16. The van der Waals surface area contributed by atoms with Gasteiger partial charge in [-0.25, -0.2) is 4.79 Å². The Hall–Kier alpha value is -3.14. The molecule has 7 nitrogen and oxygen atoms in total. The van der Waals surface area contributed by atoms with E-state index in [0.29, 0.717) is 11.8 Å². The molecule has 168 valence electrons. The highest BCUT2D eigenvalue weighted by Crippen LogP contribution is 2.36. The lowest BCUT2D eigenvalue weighted by Crippen LogP contribution is -2.30. The van der Waals surface area contributed by atoms with Gasteiger partial charge in [-0.05, 0) is 25.1 Å². The number of carbonyl (C=O) groups is 2. The van der Waals surface area contributed by atoms with Crippen molar-refractivity contribution >= 4 is 29.2 Å². The van der Waals surface area contributed by atoms with E-state index in [1.165, 1.54) is 40.4 Å². The second-order valence-corrected chi connectivity index (χ2v) is 6.54. The van der Waals surface area contributed by atoms with Gasteiger partial charge in [-0.15, -0.1) is 0 Å². The number of alkyl halides is 3. The number of amides is 1. The van der Waals surface area contributed by atoms with Crippen molar-refractivity contribution in [3.05, 3.63) is 46.5 Å². The van der Waals surface area contributed by atoms with E-state index in [1.807, 2.05) is 0 Å². The fourth-order valence-electron chi connectivity index (χ4n) is 2.50. The largest absolute Gasteiger partial charge is 0.496 e. The molecule has 0 saturated heterocycles. The third-order valence-electron chi connectivity index (χ3n) is 4.13. The summed E-state index contributed by atoms with van der Waals surface area (Å²) in [4.78, 5) is 24.9. The number of hydrogen-bond donors (Lipinski definition) is 1. The Morgan fingerprint density at radius 3 is 2.10 bits per heavy atom. The van der Waals surface area contributed by atoms with Crippen molar-refractivity contribution in [3.8, 4) is 17.2 Å². The normalized spacial score (nSPS) is 12.0. The molecule has 0 aliphatic heterocycles. The summed E-state index contributed by atoms with van der Waals surface area (Å²) in [7, 11) is 4.10. The van der Waals surface area contributed by atoms with Crippen LogP contribution in [0.4, 0.5) is 18.9 Å². The quantitative estimate of drug-likeness (QED) is 0.608. The number of nitrogens with one attached hydrogen (secondary N) is 1. The second-order valence-electron chi connectivity index (χ2n) is 6.14. The Morgan fingerprint density at radius 2 is 1.55 bits per heavy atom. The average Bonchev–Trinajstić information content (AvgIpc) is 2.73. The summed E-state index contributed by atoms with van der Waals surface area (Å²) < 4.78 is 59.2. The molecule has 0 aromatic heterocycles. The first-order chi connectivity index (χ1) is 14.5. The molecule has 1 amide bonds. The first-order valence-corrected chi connectivity index (χ1v) is 9.08. The van der Waals surface area contributed by atoms with Crippen molar-refractivity contribution in [1.82, 2.24) is 0 Å². The van der Waals surface area contributed by atoms with Crippen molar-refractivity contribution in [3.63, 3.8) is 0 Å². The highest BCUT2D eigenvalue weighted by Gasteiger charge is 2.31. The molecule has 2 aromatic carbocycles. The van der Waals surface area contributed by atoms with Gasteiger partial charge in [0.15, 0.2) is 17.6 Å². The van der Waals surface area contributed by atoms with Crippen molar-refractivity contribution in [1.29, 1.82) is 0 Å². The first-order valence-electron chi connectivity index (χ1n) is 8.70. The summed E-state index contributed by atoms with van der Waals surface area (Å²) >= 11 is 5.87. The van der Waals surface area contributed by atoms with Gasteiger partial charge in [0.2, 0.25) is 0 Å². The standard InChI is InChI=1S/C20H19ClF3NO6/c1-10(18(26)25-14-7-11(20(22,23)24)5-6-13(14)21)31-19(27)12-8-16(29-3)17(30-4)9-15(12)28-2/h5-10H,1-4H3,(H,25,26)/t10-/m0/s1. The average molecular weight is 462 g/mol. The van der Waals surface area contributed by atoms with Crippen LogP contribution in [0.3, 0.4) is 0 Å². The Balaban J connectivity index is 2.19. The molecule has 2 aromatic rings. The van der Waals surface area contributed by atoms with Crippen LogP contribution in [0.15, 0.2) is 30.3 Å². The van der Waals surface area contributed by atoms with E-state index < -0.39 is 29.7 Å². The summed E-state index contributed by atoms with van der Waals surface area (Å²) in [5, 5.41) is 2.11. The first kappa shape index (κ1) is 24.1. The van der Waals surface area contributed by atoms with Crippen LogP contribution in [0.1, 0.15) is 22.8 Å². The Bertz CT molecular complexity index is 980. The summed E-state index contributed by atoms with van der Waals surface area (Å²) in [5.41, 5.74) is -1.31. The van der Waals surface area contributed by atoms with Gasteiger partial charge in [0.25, 0.3) is 5.91 Å². The van der Waals surface area contributed by atoms with Crippen molar-refractivity contribution in [2.45, 2.75) is 19.2 Å². The molecular weight excluding hydrogens is 443 g/mol. The molecule has 31 heavy (non-hydrogen) atoms. The van der Waals surface area contributed by atoms with Gasteiger partial charge in [0.1, 0.15) is 11.3 Å². The lowest BCUT2D eigenvalue weighted by Gasteiger charge is -2.17. The van der Waals surface area contributed by atoms with E-state index in [2.05, 4.69) is 5.32 Å². The molecule has 0 aliphatic carbocycles. The zero-order valence-corrected chi connectivity index (χ0v) is 17.7. The number of anilines is 1. The van der Waals surface area contributed by atoms with Gasteiger partial charge >= 0.3 is 12.1 Å². The van der Waals surface area contributed by atoms with Crippen molar-refractivity contribution < 1.29 is 41.7 Å². The third-order valence-corrected chi connectivity index (χ3v) is 4.46. The number of methoxy groups -OCH3 is 3. The van der Waals surface area contributed by atoms with E-state index in [1.54, 1.807) is 0 Å². The molecule has 1 atom stereocenters. The van der Waals surface area contributed by atoms with E-state index in [-0.39, 0.29) is 27.8 Å². The molecule has 0 aliphatic rings. The van der Waals surface area contributed by atoms with Crippen LogP contribution in [0.5, 0.6) is 17.2 Å². The van der Waals surface area contributed by atoms with Crippen molar-refractivity contribution in [2.24, 2.45) is 0 Å². The van der Waals surface area contributed by atoms with Gasteiger partial charge < -0.3 is 24.3 Å². The Morgan fingerprint density at radius 1 is 0.968 bits per heavy atom. The van der Waals surface area contributed by atoms with Gasteiger partial charge in [-0.1, -0.05) is 11.6 Å². The number of esters is 1. The second kappa shape index (κ2) is 9.78. The molecule has 0 saturated carbocycles. The Labute approximate surface area is 181 Å². The molecule has 0 radical (unpaired) electrons. The van der Waals surface area contributed by atoms with E-state index in [9.17, 15) is 22.8 Å². The number of rotatable bonds is 7. The third kappa shape index (κ3) is 5.72. The summed E-state index contributed by atoms with van der Waals surface area (Å²) in [6.07, 6.45) is -5.98. The zero-order valence-electron chi connectivity index (χ0n) is 16.9. The molecule has 0 unspecified atom stereocenters. The highest BCUT2D eigenvalue weighted by atomic mass is 35.5. The maximum atomic E-state index is 12.9. The SMILES string of the molecule is COc1cc(OC)c(C(=O)O[C@@H](C)C(=O)Nc2cc(C(F)(F)F)ccc2Cl)cc1OC. The van der Waals surface area contributed by atoms with Crippen LogP contribution in [0, 0.1) is 0 Å². The van der Waals surface area contributed by atoms with Crippen LogP contribution in [0.25, 0.3) is 0 Å². The summed E-state index contributed by atoms with van der Waals surface area (Å²) in [6, 6.07) is 5.19. The van der Waals surface area contributed by atoms with Crippen LogP contribution >= 0.6 is 11.6 Å². The molecular formula is C20H19ClF3NO6. The lowest BCUT2D eigenvalue weighted by molar-refractivity contribution is -0.137. The summed E-state index contributed by atoms with van der Waals surface area (Å²) in [6.45, 7) is 1.25. The maximum absolute atomic E-state index is 12.9. The Kier molecular flexibility index (Phi) is 7.61. The van der Waals surface area contributed by atoms with E-state index >= 15 is 0 Å². The molecule has 1 N–H and O–H groups in total. The molecule has 11 heteroatoms. The number of benzene rings is 2. The number of ether oxygens (including phenoxy) is 4. The van der Waals surface area contributed by atoms with Crippen LogP contribution in [0.2, 0.25) is 5.02 Å². The maximum Gasteiger partial charge on any atom is 0.416 e. The number of carbonyl (C=O) groups excluding carboxylic acids is 2. The van der Waals surface area contributed by atoms with Crippen LogP contribution in [-0.4, -0.2) is 39.3 Å². The highest BCUT2D eigenvalue weighted by molar-refractivity contribution is 6.33. The van der Waals surface area contributed by atoms with Gasteiger partial charge in [0.05, 0.1) is 37.6 Å². The molecule has 0 fully saturated rings. The molecule has 0 heterocycles. The molecule has 0 bridgehead atoms. The molecule has 2 rings (SSSR count). The van der Waals surface area contributed by atoms with Gasteiger partial charge in [-0.2, -0.15) is 13.2 Å². The monoisotopic (exact) mass is 461 g/mol. The number of halogens is 4. The van der Waals surface area contributed by atoms with Crippen LogP contribution in [-0.2, 0) is 15.7 Å². The topological polar surface area (TPSA) is 83.1 Å². The minimum Gasteiger partial charge on any atom is -0.496 e. The fourth-order valence-corrected chi connectivity index (χ4v) is 2.66. The number of hydrogen-bond acceptors (Lipinski definition) is 6. The minimum absolute atomic E-state index is 0.0445.